The van der Waals surface area contributed by atoms with Gasteiger partial charge < -0.3 is 0 Å². The van der Waals surface area contributed by atoms with E-state index in [1.54, 1.807) is 0 Å². The third-order valence-corrected chi connectivity index (χ3v) is 1.73. The molecule has 0 amide bonds. The van der Waals surface area contributed by atoms with Crippen molar-refractivity contribution in [3.63, 3.8) is 0 Å². The minimum Gasteiger partial charge on any atom is -0.0906 e. The van der Waals surface area contributed by atoms with Gasteiger partial charge in [0.2, 0.25) is 0 Å². The van der Waals surface area contributed by atoms with Crippen molar-refractivity contribution in [1.29, 1.82) is 0 Å². The molecule has 0 saturated carbocycles. The Hall–Kier alpha value is 0.220. The summed E-state index contributed by atoms with van der Waals surface area (Å²) in [5.74, 6) is 0. The molecule has 0 saturated heterocycles. The lowest BCUT2D eigenvalue weighted by Gasteiger charge is -1.97. The van der Waals surface area contributed by atoms with Crippen LogP contribution in [0.25, 0.3) is 0 Å². The van der Waals surface area contributed by atoms with Crippen LogP contribution in [0.15, 0.2) is 12.2 Å². The van der Waals surface area contributed by atoms with Gasteiger partial charge in [-0.3, -0.25) is 0 Å². The van der Waals surface area contributed by atoms with Crippen LogP contribution >= 0.6 is 15.9 Å². The monoisotopic (exact) mass is 176 g/mol. The van der Waals surface area contributed by atoms with E-state index < -0.39 is 0 Å². The molecule has 0 nitrogen and oxygen atoms in total. The van der Waals surface area contributed by atoms with Crippen molar-refractivity contribution >= 4 is 15.9 Å². The van der Waals surface area contributed by atoms with Crippen LogP contribution in [0.3, 0.4) is 0 Å². The number of alkyl halides is 1. The lowest BCUT2D eigenvalue weighted by molar-refractivity contribution is 0.835. The summed E-state index contributed by atoms with van der Waals surface area (Å²) in [5, 5.41) is 0. The molecule has 0 aromatic carbocycles. The average Bonchev–Trinajstić information content (AvgIpc) is 1.68. The second kappa shape index (κ2) is 5.36. The van der Waals surface area contributed by atoms with Crippen molar-refractivity contribution in [3.05, 3.63) is 12.2 Å². The topological polar surface area (TPSA) is 0 Å². The molecule has 1 unspecified atom stereocenters. The molecule has 0 fully saturated rings. The normalized spacial score (nSPS) is 14.9. The summed E-state index contributed by atoms with van der Waals surface area (Å²) in [6, 6.07) is 0. The van der Waals surface area contributed by atoms with E-state index in [9.17, 15) is 0 Å². The molecular formula is C7H13Br. The van der Waals surface area contributed by atoms with Gasteiger partial charge in [-0.25, -0.2) is 0 Å². The number of halogens is 1. The molecule has 0 radical (unpaired) electrons. The summed E-state index contributed by atoms with van der Waals surface area (Å²) >= 11 is 3.51. The Balaban J connectivity index is 3.17. The van der Waals surface area contributed by atoms with Crippen LogP contribution in [0.1, 0.15) is 26.7 Å². The zero-order valence-corrected chi connectivity index (χ0v) is 7.11. The molecule has 48 valence electrons. The summed E-state index contributed by atoms with van der Waals surface area (Å²) in [4.78, 5) is 0.595. The van der Waals surface area contributed by atoms with Gasteiger partial charge in [-0.2, -0.15) is 0 Å². The Bertz CT molecular complexity index is 66.8. The lowest BCUT2D eigenvalue weighted by Crippen LogP contribution is -1.88. The first-order valence-electron chi connectivity index (χ1n) is 3.08. The molecule has 0 N–H and O–H groups in total. The predicted octanol–water partition coefficient (Wildman–Crippen LogP) is 3.13. The standard InChI is InChI=1S/C7H13Br/c1-3-5-7(8)6-4-2/h3,5,7H,4,6H2,1-2H3/b5-3+. The van der Waals surface area contributed by atoms with E-state index in [0.717, 1.165) is 0 Å². The van der Waals surface area contributed by atoms with Crippen molar-refractivity contribution in [2.45, 2.75) is 31.5 Å². The molecule has 0 aliphatic carbocycles. The van der Waals surface area contributed by atoms with Gasteiger partial charge in [-0.15, -0.1) is 0 Å². The largest absolute Gasteiger partial charge is 0.0906 e. The van der Waals surface area contributed by atoms with Gasteiger partial charge >= 0.3 is 0 Å². The minimum absolute atomic E-state index is 0.595. The predicted molar refractivity (Wildman–Crippen MR) is 42.4 cm³/mol. The molecule has 0 heterocycles. The van der Waals surface area contributed by atoms with Crippen molar-refractivity contribution in [1.82, 2.24) is 0 Å². The van der Waals surface area contributed by atoms with Crippen LogP contribution in [0.2, 0.25) is 0 Å². The van der Waals surface area contributed by atoms with Gasteiger partial charge in [-0.1, -0.05) is 41.4 Å². The Morgan fingerprint density at radius 2 is 2.25 bits per heavy atom. The van der Waals surface area contributed by atoms with Crippen LogP contribution in [-0.2, 0) is 0 Å². The molecule has 0 aromatic heterocycles. The molecule has 1 heteroatoms. The van der Waals surface area contributed by atoms with Crippen molar-refractivity contribution in [2.75, 3.05) is 0 Å². The fourth-order valence-electron chi connectivity index (χ4n) is 0.581. The van der Waals surface area contributed by atoms with E-state index >= 15 is 0 Å². The first-order chi connectivity index (χ1) is 3.81. The van der Waals surface area contributed by atoms with E-state index in [1.807, 2.05) is 6.92 Å². The van der Waals surface area contributed by atoms with E-state index in [-0.39, 0.29) is 0 Å². The van der Waals surface area contributed by atoms with Gasteiger partial charge in [0.15, 0.2) is 0 Å². The highest BCUT2D eigenvalue weighted by molar-refractivity contribution is 9.09. The smallest absolute Gasteiger partial charge is 0.0325 e. The first kappa shape index (κ1) is 8.22. The SMILES string of the molecule is C/C=C/C(Br)CCC. The van der Waals surface area contributed by atoms with Gasteiger partial charge in [0.25, 0.3) is 0 Å². The maximum absolute atomic E-state index is 3.51. The van der Waals surface area contributed by atoms with Gasteiger partial charge in [0.1, 0.15) is 0 Å². The van der Waals surface area contributed by atoms with E-state index in [2.05, 4.69) is 35.0 Å². The number of allylic oxidation sites excluding steroid dienone is 2. The molecule has 1 atom stereocenters. The highest BCUT2D eigenvalue weighted by Crippen LogP contribution is 2.08. The highest BCUT2D eigenvalue weighted by Gasteiger charge is 1.92. The molecule has 0 bridgehead atoms. The van der Waals surface area contributed by atoms with Crippen LogP contribution in [0, 0.1) is 0 Å². The fourth-order valence-corrected chi connectivity index (χ4v) is 1.34. The summed E-state index contributed by atoms with van der Waals surface area (Å²) in [7, 11) is 0. The molecule has 0 rings (SSSR count). The summed E-state index contributed by atoms with van der Waals surface area (Å²) in [5.41, 5.74) is 0. The van der Waals surface area contributed by atoms with Crippen LogP contribution in [-0.4, -0.2) is 4.83 Å². The van der Waals surface area contributed by atoms with E-state index in [0.29, 0.717) is 4.83 Å². The Kier molecular flexibility index (Phi) is 5.51. The van der Waals surface area contributed by atoms with E-state index in [4.69, 9.17) is 0 Å². The molecule has 0 aromatic rings. The van der Waals surface area contributed by atoms with Gasteiger partial charge in [0, 0.05) is 4.83 Å². The van der Waals surface area contributed by atoms with E-state index in [1.165, 1.54) is 12.8 Å². The number of hydrogen-bond acceptors (Lipinski definition) is 0. The maximum Gasteiger partial charge on any atom is 0.0325 e. The highest BCUT2D eigenvalue weighted by atomic mass is 79.9. The third kappa shape index (κ3) is 4.38. The summed E-state index contributed by atoms with van der Waals surface area (Å²) in [6.45, 7) is 4.24. The van der Waals surface area contributed by atoms with Crippen LogP contribution < -0.4 is 0 Å². The molecule has 8 heavy (non-hydrogen) atoms. The van der Waals surface area contributed by atoms with Crippen LogP contribution in [0.4, 0.5) is 0 Å². The second-order valence-electron chi connectivity index (χ2n) is 1.83. The zero-order chi connectivity index (χ0) is 6.41. The Morgan fingerprint density at radius 1 is 1.62 bits per heavy atom. The quantitative estimate of drug-likeness (QED) is 0.459. The lowest BCUT2D eigenvalue weighted by atomic mass is 10.2. The Morgan fingerprint density at radius 3 is 2.62 bits per heavy atom. The van der Waals surface area contributed by atoms with Gasteiger partial charge in [0.05, 0.1) is 0 Å². The minimum atomic E-state index is 0.595. The first-order valence-corrected chi connectivity index (χ1v) is 3.99. The second-order valence-corrected chi connectivity index (χ2v) is 3.01. The fraction of sp³-hybridized carbons (Fsp3) is 0.714. The van der Waals surface area contributed by atoms with Crippen molar-refractivity contribution < 1.29 is 0 Å². The maximum atomic E-state index is 3.51. The summed E-state index contributed by atoms with van der Waals surface area (Å²) in [6.07, 6.45) is 6.74. The average molecular weight is 177 g/mol. The third-order valence-electron chi connectivity index (χ3n) is 0.966. The zero-order valence-electron chi connectivity index (χ0n) is 5.52. The molecule has 0 aliphatic rings. The Labute approximate surface area is 60.1 Å². The van der Waals surface area contributed by atoms with Gasteiger partial charge in [-0.05, 0) is 13.3 Å². The number of hydrogen-bond donors (Lipinski definition) is 0. The molecular weight excluding hydrogens is 164 g/mol. The summed E-state index contributed by atoms with van der Waals surface area (Å²) < 4.78 is 0. The van der Waals surface area contributed by atoms with Crippen molar-refractivity contribution in [2.24, 2.45) is 0 Å². The molecule has 0 aliphatic heterocycles. The van der Waals surface area contributed by atoms with Crippen LogP contribution in [0.5, 0.6) is 0 Å². The number of rotatable bonds is 3. The molecule has 0 spiro atoms. The van der Waals surface area contributed by atoms with Crippen molar-refractivity contribution in [3.8, 4) is 0 Å².